The Morgan fingerprint density at radius 2 is 1.50 bits per heavy atom. The Morgan fingerprint density at radius 1 is 0.800 bits per heavy atom. The van der Waals surface area contributed by atoms with Gasteiger partial charge in [0.15, 0.2) is 18.7 Å². The zero-order chi connectivity index (χ0) is 44.1. The first kappa shape index (κ1) is 46.7. The number of ether oxygens (including phenoxy) is 6. The molecule has 0 spiro atoms. The van der Waals surface area contributed by atoms with Crippen molar-refractivity contribution in [3.8, 4) is 0 Å². The Bertz CT molecular complexity index is 1610. The maximum absolute atomic E-state index is 12.1. The first-order valence-electron chi connectivity index (χ1n) is 22.3. The topological polar surface area (TPSA) is 234 Å². The third-order valence-corrected chi connectivity index (χ3v) is 18.0. The SMILES string of the molecule is CO[C@@H]1C=C2[C@@H]3CC(C)(C)CC[C@]3(CO)[C@@H](O)C[C@@]2(C)[C@]2(C)CC[C@H]3[C@](C)(CO)[C@@H](O[C@@H]4O[C@H](C)[C@H](O)[C@H](O[C@@H]5O[C@H](CO)[C@@H](O)[C@H](O)[C@H]5OC(C)=O)[C@H]4O)CC[C@]3(C)[C@@H]12. The van der Waals surface area contributed by atoms with Gasteiger partial charge in [0.25, 0.3) is 0 Å². The van der Waals surface area contributed by atoms with Crippen LogP contribution in [-0.4, -0.2) is 153 Å². The second kappa shape index (κ2) is 16.3. The molecule has 0 aromatic rings. The molecule has 344 valence electrons. The van der Waals surface area contributed by atoms with Crippen molar-refractivity contribution >= 4 is 5.97 Å². The van der Waals surface area contributed by atoms with E-state index in [2.05, 4.69) is 40.7 Å². The van der Waals surface area contributed by atoms with Crippen molar-refractivity contribution in [2.75, 3.05) is 26.9 Å². The van der Waals surface area contributed by atoms with E-state index >= 15 is 0 Å². The lowest BCUT2D eigenvalue weighted by Gasteiger charge is -2.73. The molecule has 2 aliphatic heterocycles. The van der Waals surface area contributed by atoms with Crippen LogP contribution < -0.4 is 0 Å². The molecule has 0 aromatic heterocycles. The van der Waals surface area contributed by atoms with Crippen molar-refractivity contribution in [1.82, 2.24) is 0 Å². The molecule has 0 amide bonds. The summed E-state index contributed by atoms with van der Waals surface area (Å²) in [7, 11) is 1.77. The molecular weight excluding hydrogens is 780 g/mol. The number of rotatable bonds is 9. The fourth-order valence-corrected chi connectivity index (χ4v) is 14.3. The zero-order valence-corrected chi connectivity index (χ0v) is 37.0. The van der Waals surface area contributed by atoms with Crippen molar-refractivity contribution in [2.24, 2.45) is 50.2 Å². The number of methoxy groups -OCH3 is 1. The molecule has 15 heteroatoms. The quantitative estimate of drug-likeness (QED) is 0.0941. The lowest BCUT2D eigenvalue weighted by atomic mass is 9.32. The number of allylic oxidation sites excluding steroid dienone is 1. The average molecular weight is 855 g/mol. The molecule has 4 saturated carbocycles. The third-order valence-electron chi connectivity index (χ3n) is 18.0. The van der Waals surface area contributed by atoms with Gasteiger partial charge in [-0.3, -0.25) is 4.79 Å². The maximum Gasteiger partial charge on any atom is 0.303 e. The van der Waals surface area contributed by atoms with Gasteiger partial charge in [0.1, 0.15) is 36.6 Å². The van der Waals surface area contributed by atoms with Crippen LogP contribution in [0.3, 0.4) is 0 Å². The van der Waals surface area contributed by atoms with E-state index in [0.717, 1.165) is 39.0 Å². The number of hydrogen-bond donors (Lipinski definition) is 8. The van der Waals surface area contributed by atoms with Gasteiger partial charge in [-0.15, -0.1) is 0 Å². The molecule has 5 aliphatic carbocycles. The number of esters is 1. The molecular formula is C45H74O15. The monoisotopic (exact) mass is 855 g/mol. The molecule has 8 N–H and O–H groups in total. The molecule has 15 nitrogen and oxygen atoms in total. The number of hydrogen-bond acceptors (Lipinski definition) is 15. The molecule has 6 fully saturated rings. The molecule has 0 aromatic carbocycles. The predicted octanol–water partition coefficient (Wildman–Crippen LogP) is 1.96. The number of fused-ring (bicyclic) bond motifs is 7. The first-order chi connectivity index (χ1) is 28.0. The van der Waals surface area contributed by atoms with Crippen molar-refractivity contribution in [3.05, 3.63) is 11.6 Å². The molecule has 0 unspecified atom stereocenters. The molecule has 0 radical (unpaired) electrons. The highest BCUT2D eigenvalue weighted by Gasteiger charge is 2.72. The summed E-state index contributed by atoms with van der Waals surface area (Å²) in [5.41, 5.74) is -1.03. The summed E-state index contributed by atoms with van der Waals surface area (Å²) < 4.78 is 36.3. The Morgan fingerprint density at radius 3 is 2.12 bits per heavy atom. The zero-order valence-electron chi connectivity index (χ0n) is 37.0. The van der Waals surface area contributed by atoms with Gasteiger partial charge in [-0.1, -0.05) is 53.2 Å². The van der Waals surface area contributed by atoms with Crippen LogP contribution in [-0.2, 0) is 33.2 Å². The lowest BCUT2D eigenvalue weighted by molar-refractivity contribution is -0.368. The summed E-state index contributed by atoms with van der Waals surface area (Å²) in [5, 5.41) is 88.7. The Labute approximate surface area is 354 Å². The van der Waals surface area contributed by atoms with Crippen LogP contribution >= 0.6 is 0 Å². The van der Waals surface area contributed by atoms with Crippen molar-refractivity contribution in [1.29, 1.82) is 0 Å². The van der Waals surface area contributed by atoms with Gasteiger partial charge in [-0.05, 0) is 91.8 Å². The van der Waals surface area contributed by atoms with Gasteiger partial charge in [0.05, 0.1) is 44.2 Å². The van der Waals surface area contributed by atoms with Gasteiger partial charge in [0, 0.05) is 30.8 Å². The number of carbonyl (C=O) groups excluding carboxylic acids is 1. The minimum atomic E-state index is -1.70. The van der Waals surface area contributed by atoms with E-state index in [-0.39, 0.29) is 58.7 Å². The second-order valence-electron chi connectivity index (χ2n) is 21.6. The van der Waals surface area contributed by atoms with Crippen LogP contribution in [0.15, 0.2) is 11.6 Å². The molecule has 21 atom stereocenters. The van der Waals surface area contributed by atoms with E-state index in [1.807, 2.05) is 6.92 Å². The van der Waals surface area contributed by atoms with Crippen LogP contribution in [0.2, 0.25) is 0 Å². The Balaban J connectivity index is 1.16. The highest BCUT2D eigenvalue weighted by Crippen LogP contribution is 2.76. The van der Waals surface area contributed by atoms with E-state index in [0.29, 0.717) is 19.3 Å². The predicted molar refractivity (Wildman–Crippen MR) is 215 cm³/mol. The van der Waals surface area contributed by atoms with E-state index in [1.165, 1.54) is 5.57 Å². The Kier molecular flexibility index (Phi) is 12.7. The summed E-state index contributed by atoms with van der Waals surface area (Å²) in [6, 6.07) is 0. The lowest BCUT2D eigenvalue weighted by Crippen LogP contribution is -2.70. The summed E-state index contributed by atoms with van der Waals surface area (Å²) in [5.74, 6) is -0.816. The smallest absolute Gasteiger partial charge is 0.303 e. The van der Waals surface area contributed by atoms with Crippen LogP contribution in [0.1, 0.15) is 107 Å². The van der Waals surface area contributed by atoms with Crippen molar-refractivity contribution < 1.29 is 74.1 Å². The van der Waals surface area contributed by atoms with Gasteiger partial charge in [-0.25, -0.2) is 0 Å². The van der Waals surface area contributed by atoms with Crippen molar-refractivity contribution in [3.63, 3.8) is 0 Å². The normalized spacial score (nSPS) is 53.8. The minimum absolute atomic E-state index is 0.0153. The fraction of sp³-hybridized carbons (Fsp3) is 0.933. The molecule has 2 heterocycles. The van der Waals surface area contributed by atoms with Gasteiger partial charge in [-0.2, -0.15) is 0 Å². The van der Waals surface area contributed by atoms with E-state index in [1.54, 1.807) is 14.0 Å². The van der Waals surface area contributed by atoms with Crippen LogP contribution in [0.4, 0.5) is 0 Å². The summed E-state index contributed by atoms with van der Waals surface area (Å²) >= 11 is 0. The van der Waals surface area contributed by atoms with Crippen molar-refractivity contribution in [2.45, 2.75) is 186 Å². The fourth-order valence-electron chi connectivity index (χ4n) is 14.3. The summed E-state index contributed by atoms with van der Waals surface area (Å²) in [6.07, 6.45) is -7.68. The van der Waals surface area contributed by atoms with E-state index < -0.39 is 97.0 Å². The second-order valence-corrected chi connectivity index (χ2v) is 21.6. The standard InChI is InChI=1S/C45H74O15/c1-22-31(51)35(60-39-36(57-23(2)49)33(53)32(52)27(19-46)58-39)34(54)38(56-22)59-30-11-12-41(5)28(42(30,6)20-47)10-13-43(7)37(41)26(55-9)16-24-25-17-40(3,4)14-15-45(25,21-48)29(50)18-44(24,43)8/h16,22,25-39,46-48,50-54H,10-15,17-21H2,1-9H3/t22-,25+,26-,27-,28-,29+,30+,31+,32-,33+,34-,35+,36-,37-,38+,39+,41+,42+,43-,44-,45-/m1/s1. The number of aliphatic hydroxyl groups excluding tert-OH is 8. The van der Waals surface area contributed by atoms with E-state index in [4.69, 9.17) is 28.4 Å². The van der Waals surface area contributed by atoms with Crippen LogP contribution in [0.25, 0.3) is 0 Å². The highest BCUT2D eigenvalue weighted by atomic mass is 16.7. The third kappa shape index (κ3) is 6.98. The van der Waals surface area contributed by atoms with Gasteiger partial charge < -0.3 is 69.3 Å². The first-order valence-corrected chi connectivity index (χ1v) is 22.3. The maximum atomic E-state index is 12.1. The average Bonchev–Trinajstić information content (AvgIpc) is 3.19. The number of aliphatic hydroxyl groups is 8. The van der Waals surface area contributed by atoms with E-state index in [9.17, 15) is 45.6 Å². The molecule has 0 bridgehead atoms. The highest BCUT2D eigenvalue weighted by molar-refractivity contribution is 5.66. The largest absolute Gasteiger partial charge is 0.454 e. The minimum Gasteiger partial charge on any atom is -0.454 e. The molecule has 7 aliphatic rings. The molecule has 7 rings (SSSR count). The van der Waals surface area contributed by atoms with Crippen LogP contribution in [0.5, 0.6) is 0 Å². The Hall–Kier alpha value is -1.31. The summed E-state index contributed by atoms with van der Waals surface area (Å²) in [6.45, 7) is 15.4. The molecule has 60 heavy (non-hydrogen) atoms. The van der Waals surface area contributed by atoms with Gasteiger partial charge >= 0.3 is 5.97 Å². The molecule has 2 saturated heterocycles. The number of carbonyl (C=O) groups is 1. The van der Waals surface area contributed by atoms with Gasteiger partial charge in [0.2, 0.25) is 0 Å². The van der Waals surface area contributed by atoms with Crippen LogP contribution in [0, 0.1) is 50.2 Å². The summed E-state index contributed by atoms with van der Waals surface area (Å²) in [4.78, 5) is 12.0.